The minimum Gasteiger partial charge on any atom is -0.343 e. The van der Waals surface area contributed by atoms with Crippen LogP contribution in [-0.4, -0.2) is 21.5 Å². The highest BCUT2D eigenvalue weighted by molar-refractivity contribution is 6.08. The highest BCUT2D eigenvalue weighted by atomic mass is 16.1. The van der Waals surface area contributed by atoms with Gasteiger partial charge in [-0.25, -0.2) is 4.68 Å². The zero-order chi connectivity index (χ0) is 21.5. The van der Waals surface area contributed by atoms with Crippen LogP contribution in [0.1, 0.15) is 52.4 Å². The summed E-state index contributed by atoms with van der Waals surface area (Å²) < 4.78 is 1.77. The number of nitrogens with one attached hydrogen (secondary N) is 2. The highest BCUT2D eigenvalue weighted by Gasteiger charge is 2.37. The summed E-state index contributed by atoms with van der Waals surface area (Å²) in [6, 6.07) is 15.5. The first-order chi connectivity index (χ1) is 15.0. The Morgan fingerprint density at radius 3 is 2.42 bits per heavy atom. The molecule has 1 atom stereocenters. The van der Waals surface area contributed by atoms with E-state index >= 15 is 0 Å². The molecule has 1 aliphatic heterocycles. The Kier molecular flexibility index (Phi) is 4.70. The van der Waals surface area contributed by atoms with Crippen LogP contribution in [0.15, 0.2) is 66.0 Å². The predicted octanol–water partition coefficient (Wildman–Crippen LogP) is 4.77. The lowest BCUT2D eigenvalue weighted by molar-refractivity contribution is -0.116. The lowest BCUT2D eigenvalue weighted by Gasteiger charge is -2.33. The molecule has 156 valence electrons. The Balaban J connectivity index is 1.56. The molecule has 5 rings (SSSR count). The number of aromatic nitrogens is 2. The zero-order valence-corrected chi connectivity index (χ0v) is 17.6. The van der Waals surface area contributed by atoms with Gasteiger partial charge in [-0.15, -0.1) is 0 Å². The van der Waals surface area contributed by atoms with Crippen molar-refractivity contribution >= 4 is 23.2 Å². The van der Waals surface area contributed by atoms with Crippen molar-refractivity contribution in [2.24, 2.45) is 0 Å². The zero-order valence-electron chi connectivity index (χ0n) is 17.6. The van der Waals surface area contributed by atoms with Gasteiger partial charge >= 0.3 is 0 Å². The van der Waals surface area contributed by atoms with E-state index in [9.17, 15) is 9.59 Å². The molecular formula is C25H24N4O2. The van der Waals surface area contributed by atoms with Crippen LogP contribution in [0.3, 0.4) is 0 Å². The summed E-state index contributed by atoms with van der Waals surface area (Å²) >= 11 is 0. The van der Waals surface area contributed by atoms with Gasteiger partial charge in [0.15, 0.2) is 5.78 Å². The number of benzene rings is 2. The molecule has 1 aromatic heterocycles. The van der Waals surface area contributed by atoms with Gasteiger partial charge < -0.3 is 10.6 Å². The van der Waals surface area contributed by atoms with Crippen molar-refractivity contribution in [2.75, 3.05) is 10.6 Å². The number of anilines is 2. The largest absolute Gasteiger partial charge is 0.343 e. The van der Waals surface area contributed by atoms with E-state index in [2.05, 4.69) is 15.7 Å². The first-order valence-corrected chi connectivity index (χ1v) is 10.6. The summed E-state index contributed by atoms with van der Waals surface area (Å²) in [6.07, 6.45) is 3.72. The van der Waals surface area contributed by atoms with Gasteiger partial charge in [0.05, 0.1) is 6.20 Å². The molecular weight excluding hydrogens is 388 g/mol. The number of Topliss-reactive ketones (excluding diaryl/α,β-unsaturated/α-hetero) is 1. The predicted molar refractivity (Wildman–Crippen MR) is 120 cm³/mol. The Morgan fingerprint density at radius 2 is 1.71 bits per heavy atom. The fourth-order valence-corrected chi connectivity index (χ4v) is 4.32. The van der Waals surface area contributed by atoms with Crippen molar-refractivity contribution in [1.82, 2.24) is 9.78 Å². The first kappa shape index (κ1) is 19.3. The van der Waals surface area contributed by atoms with E-state index in [1.807, 2.05) is 62.4 Å². The summed E-state index contributed by atoms with van der Waals surface area (Å²) in [5.41, 5.74) is 6.13. The van der Waals surface area contributed by atoms with Crippen molar-refractivity contribution in [3.8, 4) is 0 Å². The minimum atomic E-state index is -0.333. The SMILES string of the molecule is Cc1ccc(NC(=O)c2cnn3c2NC2=C(C(=O)CCC2)[C@H]3c2ccc(C)cc2)cc1. The van der Waals surface area contributed by atoms with Gasteiger partial charge in [-0.3, -0.25) is 9.59 Å². The lowest BCUT2D eigenvalue weighted by Crippen LogP contribution is -2.32. The molecule has 3 aromatic rings. The lowest BCUT2D eigenvalue weighted by atomic mass is 9.85. The Morgan fingerprint density at radius 1 is 1.03 bits per heavy atom. The molecule has 0 unspecified atom stereocenters. The first-order valence-electron chi connectivity index (χ1n) is 10.6. The summed E-state index contributed by atoms with van der Waals surface area (Å²) in [5, 5.41) is 10.9. The van der Waals surface area contributed by atoms with Crippen molar-refractivity contribution in [3.05, 3.63) is 88.3 Å². The van der Waals surface area contributed by atoms with Gasteiger partial charge in [0.25, 0.3) is 5.91 Å². The van der Waals surface area contributed by atoms with Crippen LogP contribution < -0.4 is 10.6 Å². The van der Waals surface area contributed by atoms with Crippen molar-refractivity contribution in [1.29, 1.82) is 0 Å². The summed E-state index contributed by atoms with van der Waals surface area (Å²) in [5.74, 6) is 0.543. The van der Waals surface area contributed by atoms with E-state index in [0.717, 1.165) is 46.5 Å². The van der Waals surface area contributed by atoms with Crippen molar-refractivity contribution in [2.45, 2.75) is 39.2 Å². The van der Waals surface area contributed by atoms with Gasteiger partial charge in [-0.05, 0) is 44.4 Å². The Labute approximate surface area is 181 Å². The maximum Gasteiger partial charge on any atom is 0.261 e. The van der Waals surface area contributed by atoms with E-state index in [-0.39, 0.29) is 17.7 Å². The van der Waals surface area contributed by atoms with Crippen LogP contribution in [0.2, 0.25) is 0 Å². The summed E-state index contributed by atoms with van der Waals surface area (Å²) in [4.78, 5) is 25.9. The third-order valence-corrected chi connectivity index (χ3v) is 5.99. The minimum absolute atomic E-state index is 0.145. The molecule has 2 aromatic carbocycles. The number of rotatable bonds is 3. The molecule has 1 amide bonds. The standard InChI is InChI=1S/C25H24N4O2/c1-15-6-10-17(11-7-15)23-22-20(4-3-5-21(22)30)28-24-19(14-26-29(23)24)25(31)27-18-12-8-16(2)9-13-18/h6-14,23,28H,3-5H2,1-2H3,(H,27,31)/t23-/m1/s1. The molecule has 0 saturated carbocycles. The number of carbonyl (C=O) groups excluding carboxylic acids is 2. The average Bonchev–Trinajstić information content (AvgIpc) is 3.18. The number of nitrogens with zero attached hydrogens (tertiary/aromatic N) is 2. The van der Waals surface area contributed by atoms with E-state index in [0.29, 0.717) is 17.8 Å². The number of amides is 1. The molecule has 0 bridgehead atoms. The molecule has 2 aliphatic rings. The normalized spacial score (nSPS) is 17.6. The molecule has 1 aliphatic carbocycles. The van der Waals surface area contributed by atoms with Crippen LogP contribution >= 0.6 is 0 Å². The molecule has 0 radical (unpaired) electrons. The highest BCUT2D eigenvalue weighted by Crippen LogP contribution is 2.41. The molecule has 31 heavy (non-hydrogen) atoms. The Hall–Kier alpha value is -3.67. The second-order valence-corrected chi connectivity index (χ2v) is 8.28. The molecule has 0 fully saturated rings. The van der Waals surface area contributed by atoms with E-state index in [1.54, 1.807) is 10.9 Å². The molecule has 2 N–H and O–H groups in total. The summed E-state index contributed by atoms with van der Waals surface area (Å²) in [6.45, 7) is 4.04. The molecule has 0 saturated heterocycles. The van der Waals surface area contributed by atoms with Crippen LogP contribution in [0.5, 0.6) is 0 Å². The van der Waals surface area contributed by atoms with Crippen molar-refractivity contribution < 1.29 is 9.59 Å². The van der Waals surface area contributed by atoms with E-state index in [4.69, 9.17) is 0 Å². The smallest absolute Gasteiger partial charge is 0.261 e. The fraction of sp³-hybridized carbons (Fsp3) is 0.240. The number of hydrogen-bond donors (Lipinski definition) is 2. The number of ketones is 1. The van der Waals surface area contributed by atoms with E-state index in [1.165, 1.54) is 0 Å². The molecule has 2 heterocycles. The summed E-state index contributed by atoms with van der Waals surface area (Å²) in [7, 11) is 0. The number of aryl methyl sites for hydroxylation is 2. The van der Waals surface area contributed by atoms with Gasteiger partial charge in [-0.2, -0.15) is 5.10 Å². The second-order valence-electron chi connectivity index (χ2n) is 8.28. The molecule has 6 heteroatoms. The quantitative estimate of drug-likeness (QED) is 0.649. The number of carbonyl (C=O) groups is 2. The van der Waals surface area contributed by atoms with Crippen molar-refractivity contribution in [3.63, 3.8) is 0 Å². The van der Waals surface area contributed by atoms with Crippen LogP contribution in [0.4, 0.5) is 11.5 Å². The topological polar surface area (TPSA) is 76.0 Å². The number of fused-ring (bicyclic) bond motifs is 1. The maximum absolute atomic E-state index is 13.1. The average molecular weight is 412 g/mol. The van der Waals surface area contributed by atoms with Gasteiger partial charge in [0.1, 0.15) is 17.4 Å². The van der Waals surface area contributed by atoms with Crippen LogP contribution in [-0.2, 0) is 4.79 Å². The maximum atomic E-state index is 13.1. The van der Waals surface area contributed by atoms with Gasteiger partial charge in [-0.1, -0.05) is 47.5 Å². The fourth-order valence-electron chi connectivity index (χ4n) is 4.32. The monoisotopic (exact) mass is 412 g/mol. The van der Waals surface area contributed by atoms with Gasteiger partial charge in [0, 0.05) is 23.4 Å². The van der Waals surface area contributed by atoms with Crippen LogP contribution in [0.25, 0.3) is 0 Å². The third-order valence-electron chi connectivity index (χ3n) is 5.99. The van der Waals surface area contributed by atoms with Gasteiger partial charge in [0.2, 0.25) is 0 Å². The molecule has 0 spiro atoms. The van der Waals surface area contributed by atoms with E-state index < -0.39 is 0 Å². The Bertz CT molecular complexity index is 1200. The second kappa shape index (κ2) is 7.54. The number of allylic oxidation sites excluding steroid dienone is 2. The van der Waals surface area contributed by atoms with Crippen LogP contribution in [0, 0.1) is 13.8 Å². The molecule has 6 nitrogen and oxygen atoms in total. The third kappa shape index (κ3) is 3.44. The number of hydrogen-bond acceptors (Lipinski definition) is 4.